The number of pyridine rings is 1. The minimum Gasteiger partial charge on any atom is -0.309 e. The molecule has 0 spiro atoms. The summed E-state index contributed by atoms with van der Waals surface area (Å²) in [5.74, 6) is 0. The van der Waals surface area contributed by atoms with Crippen molar-refractivity contribution in [2.75, 3.05) is 6.54 Å². The fourth-order valence-corrected chi connectivity index (χ4v) is 2.76. The van der Waals surface area contributed by atoms with Crippen molar-refractivity contribution in [2.24, 2.45) is 0 Å². The average Bonchev–Trinajstić information content (AvgIpc) is 2.41. The highest BCUT2D eigenvalue weighted by Crippen LogP contribution is 2.27. The van der Waals surface area contributed by atoms with Crippen LogP contribution in [-0.4, -0.2) is 11.5 Å². The Morgan fingerprint density at radius 2 is 2.00 bits per heavy atom. The number of hydrogen-bond acceptors (Lipinski definition) is 2. The molecule has 1 heterocycles. The third-order valence-corrected chi connectivity index (χ3v) is 3.81. The van der Waals surface area contributed by atoms with Crippen molar-refractivity contribution < 1.29 is 0 Å². The van der Waals surface area contributed by atoms with Crippen LogP contribution in [0.2, 0.25) is 10.0 Å². The van der Waals surface area contributed by atoms with Gasteiger partial charge in [-0.25, -0.2) is 0 Å². The van der Waals surface area contributed by atoms with Crippen molar-refractivity contribution >= 4 is 23.2 Å². The molecule has 0 radical (unpaired) electrons. The SMILES string of the molecule is CCNC(Cc1ccccc1C)c1ncc(Cl)cc1Cl. The van der Waals surface area contributed by atoms with E-state index in [1.807, 2.05) is 0 Å². The van der Waals surface area contributed by atoms with Crippen molar-refractivity contribution in [3.05, 3.63) is 63.4 Å². The number of aryl methyl sites for hydroxylation is 1. The Morgan fingerprint density at radius 3 is 2.65 bits per heavy atom. The largest absolute Gasteiger partial charge is 0.309 e. The predicted molar refractivity (Wildman–Crippen MR) is 85.6 cm³/mol. The number of nitrogens with zero attached hydrogens (tertiary/aromatic N) is 1. The number of rotatable bonds is 5. The Bertz CT molecular complexity index is 584. The van der Waals surface area contributed by atoms with Gasteiger partial charge in [0.15, 0.2) is 0 Å². The summed E-state index contributed by atoms with van der Waals surface area (Å²) in [6, 6.07) is 10.2. The van der Waals surface area contributed by atoms with Crippen LogP contribution in [0.3, 0.4) is 0 Å². The van der Waals surface area contributed by atoms with E-state index in [-0.39, 0.29) is 6.04 Å². The molecule has 1 aromatic carbocycles. The molecule has 2 rings (SSSR count). The number of halogens is 2. The lowest BCUT2D eigenvalue weighted by molar-refractivity contribution is 0.536. The van der Waals surface area contributed by atoms with Gasteiger partial charge in [-0.3, -0.25) is 4.98 Å². The smallest absolute Gasteiger partial charge is 0.0763 e. The maximum absolute atomic E-state index is 6.28. The third-order valence-electron chi connectivity index (χ3n) is 3.30. The van der Waals surface area contributed by atoms with Crippen molar-refractivity contribution in [3.8, 4) is 0 Å². The standard InChI is InChI=1S/C16H18Cl2N2/c1-3-19-15(8-12-7-5-4-6-11(12)2)16-14(18)9-13(17)10-20-16/h4-7,9-10,15,19H,3,8H2,1-2H3. The fourth-order valence-electron chi connectivity index (χ4n) is 2.25. The van der Waals surface area contributed by atoms with Gasteiger partial charge in [-0.05, 0) is 37.1 Å². The van der Waals surface area contributed by atoms with E-state index in [4.69, 9.17) is 23.2 Å². The van der Waals surface area contributed by atoms with E-state index in [0.29, 0.717) is 10.0 Å². The lowest BCUT2D eigenvalue weighted by Crippen LogP contribution is -2.24. The number of likely N-dealkylation sites (N-methyl/N-ethyl adjacent to an activating group) is 1. The molecule has 2 nitrogen and oxygen atoms in total. The first-order valence-electron chi connectivity index (χ1n) is 6.70. The Hall–Kier alpha value is -1.09. The van der Waals surface area contributed by atoms with Crippen molar-refractivity contribution in [2.45, 2.75) is 26.3 Å². The lowest BCUT2D eigenvalue weighted by Gasteiger charge is -2.19. The predicted octanol–water partition coefficient (Wildman–Crippen LogP) is 4.59. The van der Waals surface area contributed by atoms with E-state index in [0.717, 1.165) is 18.7 Å². The molecule has 0 aliphatic heterocycles. The molecule has 4 heteroatoms. The number of nitrogens with one attached hydrogen (secondary N) is 1. The molecule has 0 amide bonds. The molecule has 1 unspecified atom stereocenters. The van der Waals surface area contributed by atoms with E-state index >= 15 is 0 Å². The highest BCUT2D eigenvalue weighted by atomic mass is 35.5. The van der Waals surface area contributed by atoms with E-state index in [1.165, 1.54) is 11.1 Å². The molecule has 0 saturated carbocycles. The summed E-state index contributed by atoms with van der Waals surface area (Å²) in [6.45, 7) is 5.06. The van der Waals surface area contributed by atoms with E-state index in [9.17, 15) is 0 Å². The minimum atomic E-state index is 0.0888. The molecule has 0 bridgehead atoms. The third kappa shape index (κ3) is 3.72. The Balaban J connectivity index is 2.29. The summed E-state index contributed by atoms with van der Waals surface area (Å²) in [7, 11) is 0. The van der Waals surface area contributed by atoms with Gasteiger partial charge in [-0.2, -0.15) is 0 Å². The van der Waals surface area contributed by atoms with Crippen molar-refractivity contribution in [3.63, 3.8) is 0 Å². The van der Waals surface area contributed by atoms with Crippen LogP contribution in [-0.2, 0) is 6.42 Å². The van der Waals surface area contributed by atoms with Gasteiger partial charge in [0.2, 0.25) is 0 Å². The minimum absolute atomic E-state index is 0.0888. The van der Waals surface area contributed by atoms with Crippen LogP contribution in [0.15, 0.2) is 36.5 Å². The molecule has 106 valence electrons. The van der Waals surface area contributed by atoms with Gasteiger partial charge in [0.05, 0.1) is 21.8 Å². The molecular formula is C16H18Cl2N2. The monoisotopic (exact) mass is 308 g/mol. The van der Waals surface area contributed by atoms with Crippen LogP contribution in [0.1, 0.15) is 29.8 Å². The molecule has 0 saturated heterocycles. The maximum Gasteiger partial charge on any atom is 0.0763 e. The Labute approximate surface area is 130 Å². The normalized spacial score (nSPS) is 12.4. The molecule has 20 heavy (non-hydrogen) atoms. The molecule has 0 fully saturated rings. The van der Waals surface area contributed by atoms with Crippen LogP contribution in [0.25, 0.3) is 0 Å². The van der Waals surface area contributed by atoms with Crippen molar-refractivity contribution in [1.29, 1.82) is 0 Å². The van der Waals surface area contributed by atoms with Gasteiger partial charge < -0.3 is 5.32 Å². The summed E-state index contributed by atoms with van der Waals surface area (Å²) >= 11 is 12.2. The van der Waals surface area contributed by atoms with Crippen molar-refractivity contribution in [1.82, 2.24) is 10.3 Å². The molecule has 2 aromatic rings. The second kappa shape index (κ2) is 7.07. The quantitative estimate of drug-likeness (QED) is 0.874. The average molecular weight is 309 g/mol. The van der Waals surface area contributed by atoms with E-state index < -0.39 is 0 Å². The summed E-state index contributed by atoms with van der Waals surface area (Å²) < 4.78 is 0. The second-order valence-electron chi connectivity index (χ2n) is 4.76. The number of hydrogen-bond donors (Lipinski definition) is 1. The zero-order chi connectivity index (χ0) is 14.5. The van der Waals surface area contributed by atoms with Crippen LogP contribution in [0.5, 0.6) is 0 Å². The zero-order valence-electron chi connectivity index (χ0n) is 11.7. The van der Waals surface area contributed by atoms with Crippen LogP contribution < -0.4 is 5.32 Å². The van der Waals surface area contributed by atoms with Gasteiger partial charge >= 0.3 is 0 Å². The first-order valence-corrected chi connectivity index (χ1v) is 7.46. The maximum atomic E-state index is 6.28. The van der Waals surface area contributed by atoms with Crippen LogP contribution in [0, 0.1) is 6.92 Å². The summed E-state index contributed by atoms with van der Waals surface area (Å²) in [4.78, 5) is 4.40. The molecule has 1 N–H and O–H groups in total. The highest BCUT2D eigenvalue weighted by Gasteiger charge is 2.17. The van der Waals surface area contributed by atoms with E-state index in [1.54, 1.807) is 12.3 Å². The molecule has 0 aliphatic rings. The van der Waals surface area contributed by atoms with Crippen LogP contribution >= 0.6 is 23.2 Å². The lowest BCUT2D eigenvalue weighted by atomic mass is 9.99. The van der Waals surface area contributed by atoms with Gasteiger partial charge in [0.1, 0.15) is 0 Å². The summed E-state index contributed by atoms with van der Waals surface area (Å²) in [5, 5.41) is 4.61. The first kappa shape index (κ1) is 15.3. The van der Waals surface area contributed by atoms with E-state index in [2.05, 4.69) is 48.4 Å². The Morgan fingerprint density at radius 1 is 1.25 bits per heavy atom. The molecule has 1 atom stereocenters. The molecule has 0 aliphatic carbocycles. The summed E-state index contributed by atoms with van der Waals surface area (Å²) in [5.41, 5.74) is 3.42. The first-order chi connectivity index (χ1) is 9.61. The summed E-state index contributed by atoms with van der Waals surface area (Å²) in [6.07, 6.45) is 2.50. The second-order valence-corrected chi connectivity index (χ2v) is 5.61. The zero-order valence-corrected chi connectivity index (χ0v) is 13.2. The highest BCUT2D eigenvalue weighted by molar-refractivity contribution is 6.34. The van der Waals surface area contributed by atoms with Gasteiger partial charge in [0.25, 0.3) is 0 Å². The fraction of sp³-hybridized carbons (Fsp3) is 0.312. The van der Waals surface area contributed by atoms with Gasteiger partial charge in [-0.1, -0.05) is 54.4 Å². The molecule has 1 aromatic heterocycles. The topological polar surface area (TPSA) is 24.9 Å². The number of benzene rings is 1. The van der Waals surface area contributed by atoms with Gasteiger partial charge in [-0.15, -0.1) is 0 Å². The Kier molecular flexibility index (Phi) is 5.41. The van der Waals surface area contributed by atoms with Crippen LogP contribution in [0.4, 0.5) is 0 Å². The molecular weight excluding hydrogens is 291 g/mol. The number of aromatic nitrogens is 1. The van der Waals surface area contributed by atoms with Gasteiger partial charge in [0, 0.05) is 6.20 Å².